The summed E-state index contributed by atoms with van der Waals surface area (Å²) >= 11 is 0. The number of carbonyl (C=O) groups is 4. The Kier molecular flexibility index (Phi) is 15.0. The Bertz CT molecular complexity index is 2870. The first-order valence-electron chi connectivity index (χ1n) is 22.6. The number of alkyl halides is 6. The van der Waals surface area contributed by atoms with Gasteiger partial charge in [0.1, 0.15) is 0 Å². The summed E-state index contributed by atoms with van der Waals surface area (Å²) < 4.78 is 82.2. The van der Waals surface area contributed by atoms with Crippen LogP contribution in [0.3, 0.4) is 0 Å². The predicted octanol–water partition coefficient (Wildman–Crippen LogP) is 6.40. The van der Waals surface area contributed by atoms with Gasteiger partial charge in [0, 0.05) is 22.9 Å². The summed E-state index contributed by atoms with van der Waals surface area (Å²) in [5.74, 6) is -1.78. The molecule has 2 spiro atoms. The number of carboxylic acids is 1. The topological polar surface area (TPSA) is 209 Å². The van der Waals surface area contributed by atoms with E-state index in [1.165, 1.54) is 24.3 Å². The Morgan fingerprint density at radius 2 is 1.01 bits per heavy atom. The number of hydrogen-bond donors (Lipinski definition) is 5. The molecule has 20 heteroatoms. The number of nitrogens with zero attached hydrogens (tertiary/aromatic N) is 2. The van der Waals surface area contributed by atoms with Crippen molar-refractivity contribution >= 4 is 45.6 Å². The van der Waals surface area contributed by atoms with Crippen LogP contribution in [0.1, 0.15) is 113 Å². The number of rotatable bonds is 11. The zero-order chi connectivity index (χ0) is 48.2. The zero-order valence-electron chi connectivity index (χ0n) is 38.3. The standard InChI is InChI=1S/C26H26F3N3O3.C24H22F3N3O3.Na.H2O/c1-2-35-24(34)17-11-25(12-17)13-19(14-25)30-23(33)22-21-16(4-3-5-20(21)31-32-22)10-15-6-8-18(9-7-15)26(27,28)29;25-24(26,27)16-6-4-13(5-7-16)8-14-2-1-3-18-19(14)20(30-29-18)21(31)28-17-11-23(12-17)9-15(10-23)22(32)33;;/h3-9,17,19H,2,10-14H2,1H3,(H,30,33)(H,31,32);1-7,15,17H,8-12H2,(H,28,31)(H,29,30)(H,32,33);;1H2/q;;+1;/p-1. The quantitative estimate of drug-likeness (QED) is 0.0552. The van der Waals surface area contributed by atoms with Crippen LogP contribution in [0.2, 0.25) is 0 Å². The fourth-order valence-electron chi connectivity index (χ4n) is 10.9. The number of halogens is 6. The Balaban J connectivity index is 0.000000201. The maximum Gasteiger partial charge on any atom is 1.00 e. The maximum atomic E-state index is 13.1. The van der Waals surface area contributed by atoms with Crippen molar-refractivity contribution in [3.63, 3.8) is 0 Å². The van der Waals surface area contributed by atoms with Crippen LogP contribution in [0.25, 0.3) is 21.8 Å². The van der Waals surface area contributed by atoms with Crippen molar-refractivity contribution in [1.82, 2.24) is 31.0 Å². The van der Waals surface area contributed by atoms with Crippen molar-refractivity contribution in [1.29, 1.82) is 0 Å². The monoisotopic (exact) mass is 982 g/mol. The summed E-state index contributed by atoms with van der Waals surface area (Å²) in [6, 6.07) is 21.0. The van der Waals surface area contributed by atoms with Gasteiger partial charge in [0.25, 0.3) is 11.8 Å². The van der Waals surface area contributed by atoms with Crippen LogP contribution >= 0.6 is 0 Å². The van der Waals surface area contributed by atoms with Crippen LogP contribution in [-0.4, -0.2) is 73.4 Å². The number of amides is 2. The number of aromatic nitrogens is 4. The van der Waals surface area contributed by atoms with Crippen molar-refractivity contribution in [3.05, 3.63) is 130 Å². The molecule has 4 aromatic carbocycles. The molecule has 364 valence electrons. The van der Waals surface area contributed by atoms with E-state index in [-0.39, 0.29) is 99.0 Å². The molecular weight excluding hydrogens is 934 g/mol. The number of hydrogen-bond acceptors (Lipinski definition) is 8. The average molecular weight is 983 g/mol. The number of benzene rings is 4. The van der Waals surface area contributed by atoms with E-state index in [4.69, 9.17) is 9.84 Å². The Hall–Kier alpha value is -5.76. The number of nitrogens with one attached hydrogen (secondary N) is 4. The molecule has 0 saturated heterocycles. The Labute approximate surface area is 419 Å². The van der Waals surface area contributed by atoms with E-state index >= 15 is 0 Å². The SMILES string of the molecule is CCOC(=O)C1CC2(CC(NC(=O)c3n[nH]c4cccc(Cc5ccc(C(F)(F)F)cc5)c34)C2)C1.O=C(NC1CC2(C1)CC(C(=O)O)C2)c1n[nH]c2cccc(Cc3ccc(C(F)(F)F)cc3)c12.[Na+].[OH-]. The van der Waals surface area contributed by atoms with Crippen LogP contribution in [0.4, 0.5) is 26.3 Å². The predicted molar refractivity (Wildman–Crippen MR) is 238 cm³/mol. The van der Waals surface area contributed by atoms with Gasteiger partial charge in [0.2, 0.25) is 0 Å². The van der Waals surface area contributed by atoms with Crippen LogP contribution in [0.5, 0.6) is 0 Å². The molecule has 4 aliphatic rings. The first-order valence-corrected chi connectivity index (χ1v) is 22.6. The normalized spacial score (nSPS) is 23.2. The molecule has 0 unspecified atom stereocenters. The minimum absolute atomic E-state index is 0. The fourth-order valence-corrected chi connectivity index (χ4v) is 10.9. The third kappa shape index (κ3) is 10.8. The van der Waals surface area contributed by atoms with E-state index in [9.17, 15) is 45.5 Å². The van der Waals surface area contributed by atoms with E-state index in [0.717, 1.165) is 73.9 Å². The molecule has 2 amide bonds. The van der Waals surface area contributed by atoms with Crippen molar-refractivity contribution in [2.75, 3.05) is 6.61 Å². The first-order chi connectivity index (χ1) is 32.3. The molecule has 4 fully saturated rings. The molecule has 10 rings (SSSR count). The first kappa shape index (κ1) is 52.1. The second-order valence-corrected chi connectivity index (χ2v) is 19.0. The van der Waals surface area contributed by atoms with Gasteiger partial charge >= 0.3 is 53.8 Å². The largest absolute Gasteiger partial charge is 1.00 e. The van der Waals surface area contributed by atoms with Gasteiger partial charge in [0.15, 0.2) is 11.4 Å². The van der Waals surface area contributed by atoms with E-state index in [2.05, 4.69) is 31.0 Å². The van der Waals surface area contributed by atoms with Gasteiger partial charge < -0.3 is 26.0 Å². The van der Waals surface area contributed by atoms with Gasteiger partial charge in [0.05, 0.1) is 40.6 Å². The molecular formula is C50H49F6N6NaO7. The van der Waals surface area contributed by atoms with Crippen LogP contribution in [0, 0.1) is 22.7 Å². The molecule has 0 bridgehead atoms. The maximum absolute atomic E-state index is 13.1. The Morgan fingerprint density at radius 1 is 0.629 bits per heavy atom. The summed E-state index contributed by atoms with van der Waals surface area (Å²) in [5, 5.41) is 30.6. The van der Waals surface area contributed by atoms with Crippen LogP contribution in [0.15, 0.2) is 84.9 Å². The Morgan fingerprint density at radius 3 is 1.37 bits per heavy atom. The number of carboxylic acid groups (broad SMARTS) is 1. The third-order valence-electron chi connectivity index (χ3n) is 14.2. The van der Waals surface area contributed by atoms with Crippen molar-refractivity contribution in [3.8, 4) is 0 Å². The molecule has 13 nitrogen and oxygen atoms in total. The summed E-state index contributed by atoms with van der Waals surface area (Å²) in [4.78, 5) is 48.9. The fraction of sp³-hybridized carbons (Fsp3) is 0.400. The van der Waals surface area contributed by atoms with Crippen molar-refractivity contribution in [2.24, 2.45) is 22.7 Å². The number of H-pyrrole nitrogens is 2. The molecule has 0 atom stereocenters. The van der Waals surface area contributed by atoms with Gasteiger partial charge in [-0.1, -0.05) is 48.5 Å². The van der Waals surface area contributed by atoms with Gasteiger partial charge in [-0.2, -0.15) is 36.5 Å². The van der Waals surface area contributed by atoms with E-state index < -0.39 is 29.4 Å². The van der Waals surface area contributed by atoms with Crippen LogP contribution in [-0.2, 0) is 39.5 Å². The number of carbonyl (C=O) groups excluding carboxylic acids is 3. The molecule has 70 heavy (non-hydrogen) atoms. The molecule has 4 aliphatic carbocycles. The number of esters is 1. The average Bonchev–Trinajstić information content (AvgIpc) is 3.88. The smallest absolute Gasteiger partial charge is 0.870 e. The molecule has 0 radical (unpaired) electrons. The summed E-state index contributed by atoms with van der Waals surface area (Å²) in [5.41, 5.74) is 3.68. The minimum Gasteiger partial charge on any atom is -0.870 e. The zero-order valence-corrected chi connectivity index (χ0v) is 40.3. The molecule has 6 N–H and O–H groups in total. The van der Waals surface area contributed by atoms with Gasteiger partial charge in [-0.15, -0.1) is 0 Å². The van der Waals surface area contributed by atoms with Crippen molar-refractivity contribution < 1.29 is 90.4 Å². The van der Waals surface area contributed by atoms with E-state index in [1.54, 1.807) is 13.0 Å². The molecule has 4 saturated carbocycles. The number of aliphatic carboxylic acids is 1. The van der Waals surface area contributed by atoms with Gasteiger partial charge in [-0.3, -0.25) is 29.4 Å². The minimum atomic E-state index is -4.39. The van der Waals surface area contributed by atoms with Crippen molar-refractivity contribution in [2.45, 2.75) is 95.6 Å². The second kappa shape index (κ2) is 20.2. The van der Waals surface area contributed by atoms with E-state index in [1.807, 2.05) is 30.3 Å². The van der Waals surface area contributed by atoms with Gasteiger partial charge in [-0.25, -0.2) is 0 Å². The summed E-state index contributed by atoms with van der Waals surface area (Å²) in [6.45, 7) is 2.19. The number of fused-ring (bicyclic) bond motifs is 2. The number of ether oxygens (including phenoxy) is 1. The molecule has 2 heterocycles. The summed E-state index contributed by atoms with van der Waals surface area (Å²) in [6.07, 6.45) is -1.90. The number of aromatic amines is 2. The second-order valence-electron chi connectivity index (χ2n) is 19.0. The van der Waals surface area contributed by atoms with Crippen LogP contribution < -0.4 is 40.2 Å². The van der Waals surface area contributed by atoms with Gasteiger partial charge in [-0.05, 0) is 141 Å². The third-order valence-corrected chi connectivity index (χ3v) is 14.2. The molecule has 2 aromatic heterocycles. The molecule has 6 aromatic rings. The summed E-state index contributed by atoms with van der Waals surface area (Å²) in [7, 11) is 0. The molecule has 0 aliphatic heterocycles. The van der Waals surface area contributed by atoms with E-state index in [0.29, 0.717) is 65.2 Å².